The maximum atomic E-state index is 14.3. The quantitative estimate of drug-likeness (QED) is 0.256. The Labute approximate surface area is 258 Å². The Kier molecular flexibility index (Phi) is 10.6. The lowest BCUT2D eigenvalue weighted by molar-refractivity contribution is -0.140. The second-order valence-electron chi connectivity index (χ2n) is 10.8. The van der Waals surface area contributed by atoms with E-state index >= 15 is 0 Å². The van der Waals surface area contributed by atoms with Crippen LogP contribution in [0.2, 0.25) is 10.0 Å². The lowest BCUT2D eigenvalue weighted by Gasteiger charge is -2.34. The highest BCUT2D eigenvalue weighted by molar-refractivity contribution is 7.92. The number of benzene rings is 3. The molecule has 1 aliphatic carbocycles. The van der Waals surface area contributed by atoms with Crippen LogP contribution in [0.5, 0.6) is 0 Å². The normalized spacial score (nSPS) is 14.4. The van der Waals surface area contributed by atoms with Crippen LogP contribution in [0.25, 0.3) is 0 Å². The maximum Gasteiger partial charge on any atom is 0.264 e. The van der Waals surface area contributed by atoms with Gasteiger partial charge < -0.3 is 10.2 Å². The van der Waals surface area contributed by atoms with Crippen LogP contribution in [0.15, 0.2) is 71.6 Å². The summed E-state index contributed by atoms with van der Waals surface area (Å²) in [6.07, 6.45) is 4.19. The molecule has 0 heterocycles. The van der Waals surface area contributed by atoms with Crippen LogP contribution in [-0.2, 0) is 26.2 Å². The summed E-state index contributed by atoms with van der Waals surface area (Å²) in [5.41, 5.74) is 2.56. The van der Waals surface area contributed by atoms with E-state index in [2.05, 4.69) is 5.32 Å². The molecule has 0 spiro atoms. The van der Waals surface area contributed by atoms with Crippen LogP contribution < -0.4 is 9.62 Å². The van der Waals surface area contributed by atoms with Crippen molar-refractivity contribution >= 4 is 50.7 Å². The minimum absolute atomic E-state index is 0.0534. The lowest BCUT2D eigenvalue weighted by Crippen LogP contribution is -2.53. The number of hydrogen-bond donors (Lipinski definition) is 1. The predicted octanol–water partition coefficient (Wildman–Crippen LogP) is 6.67. The van der Waals surface area contributed by atoms with Gasteiger partial charge in [-0.15, -0.1) is 0 Å². The van der Waals surface area contributed by atoms with E-state index < -0.39 is 28.5 Å². The van der Waals surface area contributed by atoms with Crippen LogP contribution in [-0.4, -0.2) is 43.8 Å². The van der Waals surface area contributed by atoms with Gasteiger partial charge in [0.2, 0.25) is 11.8 Å². The van der Waals surface area contributed by atoms with Crippen LogP contribution in [0.1, 0.15) is 55.7 Å². The number of aryl methyl sites for hydroxylation is 2. The molecule has 0 unspecified atom stereocenters. The van der Waals surface area contributed by atoms with Crippen molar-refractivity contribution in [3.05, 3.63) is 93.5 Å². The Morgan fingerprint density at radius 2 is 1.52 bits per heavy atom. The van der Waals surface area contributed by atoms with Crippen molar-refractivity contribution < 1.29 is 18.0 Å². The zero-order valence-electron chi connectivity index (χ0n) is 24.1. The van der Waals surface area contributed by atoms with Gasteiger partial charge in [-0.3, -0.25) is 13.9 Å². The summed E-state index contributed by atoms with van der Waals surface area (Å²) in [5.74, 6) is -0.817. The Hall–Kier alpha value is -3.07. The first-order chi connectivity index (χ1) is 20.0. The molecule has 0 aromatic heterocycles. The monoisotopic (exact) mass is 629 g/mol. The molecule has 0 bridgehead atoms. The first-order valence-electron chi connectivity index (χ1n) is 14.2. The zero-order chi connectivity index (χ0) is 30.4. The van der Waals surface area contributed by atoms with Gasteiger partial charge in [0.15, 0.2) is 0 Å². The van der Waals surface area contributed by atoms with Gasteiger partial charge in [-0.1, -0.05) is 73.3 Å². The zero-order valence-corrected chi connectivity index (χ0v) is 26.5. The van der Waals surface area contributed by atoms with Gasteiger partial charge in [0.05, 0.1) is 10.6 Å². The minimum Gasteiger partial charge on any atom is -0.352 e. The molecular formula is C32H37Cl2N3O4S. The molecule has 3 aromatic rings. The third kappa shape index (κ3) is 7.46. The van der Waals surface area contributed by atoms with E-state index in [-0.39, 0.29) is 23.4 Å². The van der Waals surface area contributed by atoms with Gasteiger partial charge in [-0.2, -0.15) is 0 Å². The fourth-order valence-corrected chi connectivity index (χ4v) is 7.42. The number of amides is 2. The summed E-state index contributed by atoms with van der Waals surface area (Å²) in [5, 5.41) is 3.82. The number of anilines is 1. The summed E-state index contributed by atoms with van der Waals surface area (Å²) in [7, 11) is -4.14. The molecule has 0 radical (unpaired) electrons. The number of carbonyl (C=O) groups is 2. The predicted molar refractivity (Wildman–Crippen MR) is 168 cm³/mol. The highest BCUT2D eigenvalue weighted by Gasteiger charge is 2.35. The highest BCUT2D eigenvalue weighted by Crippen LogP contribution is 2.30. The smallest absolute Gasteiger partial charge is 0.264 e. The molecule has 1 aliphatic rings. The van der Waals surface area contributed by atoms with E-state index in [9.17, 15) is 18.0 Å². The van der Waals surface area contributed by atoms with E-state index in [1.807, 2.05) is 26.8 Å². The molecule has 4 rings (SSSR count). The van der Waals surface area contributed by atoms with Crippen molar-refractivity contribution in [2.75, 3.05) is 10.8 Å². The summed E-state index contributed by atoms with van der Waals surface area (Å²) in [4.78, 5) is 29.4. The maximum absolute atomic E-state index is 14.3. The summed E-state index contributed by atoms with van der Waals surface area (Å²) < 4.78 is 29.2. The van der Waals surface area contributed by atoms with E-state index in [0.29, 0.717) is 27.7 Å². The molecule has 0 saturated heterocycles. The second-order valence-corrected chi connectivity index (χ2v) is 13.5. The topological polar surface area (TPSA) is 86.8 Å². The van der Waals surface area contributed by atoms with Crippen LogP contribution in [0.3, 0.4) is 0 Å². The third-order valence-corrected chi connectivity index (χ3v) is 10.1. The molecule has 1 atom stereocenters. The van der Waals surface area contributed by atoms with Crippen molar-refractivity contribution in [3.63, 3.8) is 0 Å². The van der Waals surface area contributed by atoms with Gasteiger partial charge in [0.25, 0.3) is 10.0 Å². The first kappa shape index (κ1) is 31.9. The van der Waals surface area contributed by atoms with Crippen molar-refractivity contribution in [1.29, 1.82) is 0 Å². The molecule has 3 aromatic carbocycles. The third-order valence-electron chi connectivity index (χ3n) is 7.58. The summed E-state index contributed by atoms with van der Waals surface area (Å²) in [6.45, 7) is 5.00. The van der Waals surface area contributed by atoms with Crippen molar-refractivity contribution in [2.24, 2.45) is 0 Å². The molecule has 10 heteroatoms. The molecular weight excluding hydrogens is 593 g/mol. The average Bonchev–Trinajstić information content (AvgIpc) is 3.46. The van der Waals surface area contributed by atoms with Gasteiger partial charge in [0.1, 0.15) is 12.6 Å². The summed E-state index contributed by atoms with van der Waals surface area (Å²) in [6, 6.07) is 17.7. The number of carbonyl (C=O) groups excluding carboxylic acids is 2. The lowest BCUT2D eigenvalue weighted by atomic mass is 10.1. The number of halogens is 2. The SMILES string of the molecule is CC[C@H](C(=O)NC1CCCC1)N(Cc1c(Cl)cccc1Cl)C(=O)CN(c1cc(C)cc(C)c1)S(=O)(=O)c1ccccc1. The van der Waals surface area contributed by atoms with Crippen molar-refractivity contribution in [3.8, 4) is 0 Å². The molecule has 2 amide bonds. The number of rotatable bonds is 11. The number of nitrogens with zero attached hydrogens (tertiary/aromatic N) is 2. The van der Waals surface area contributed by atoms with Gasteiger partial charge in [-0.05, 0) is 80.6 Å². The molecule has 1 N–H and O–H groups in total. The number of hydrogen-bond acceptors (Lipinski definition) is 4. The average molecular weight is 631 g/mol. The number of sulfonamides is 1. The van der Waals surface area contributed by atoms with Gasteiger partial charge in [-0.25, -0.2) is 8.42 Å². The fourth-order valence-electron chi connectivity index (χ4n) is 5.48. The number of nitrogens with one attached hydrogen (secondary N) is 1. The van der Waals surface area contributed by atoms with E-state index in [1.54, 1.807) is 48.5 Å². The van der Waals surface area contributed by atoms with Crippen LogP contribution in [0.4, 0.5) is 5.69 Å². The summed E-state index contributed by atoms with van der Waals surface area (Å²) >= 11 is 13.0. The molecule has 1 saturated carbocycles. The Morgan fingerprint density at radius 3 is 2.10 bits per heavy atom. The van der Waals surface area contributed by atoms with E-state index in [1.165, 1.54) is 17.0 Å². The van der Waals surface area contributed by atoms with Crippen molar-refractivity contribution in [1.82, 2.24) is 10.2 Å². The minimum atomic E-state index is -4.14. The van der Waals surface area contributed by atoms with E-state index in [0.717, 1.165) is 41.1 Å². The van der Waals surface area contributed by atoms with Gasteiger partial charge >= 0.3 is 0 Å². The fraction of sp³-hybridized carbons (Fsp3) is 0.375. The van der Waals surface area contributed by atoms with Crippen LogP contribution in [0, 0.1) is 13.8 Å². The van der Waals surface area contributed by atoms with E-state index in [4.69, 9.17) is 23.2 Å². The highest BCUT2D eigenvalue weighted by atomic mass is 35.5. The molecule has 0 aliphatic heterocycles. The second kappa shape index (κ2) is 13.9. The molecule has 42 heavy (non-hydrogen) atoms. The standard InChI is InChI=1S/C32H37Cl2N3O4S/c1-4-30(32(39)35-24-11-8-9-12-24)36(20-27-28(33)15-10-16-29(27)34)31(38)21-37(25-18-22(2)17-23(3)19-25)42(40,41)26-13-6-5-7-14-26/h5-7,10,13-19,24,30H,4,8-9,11-12,20-21H2,1-3H3,(H,35,39)/t30-/m1/s1. The molecule has 7 nitrogen and oxygen atoms in total. The first-order valence-corrected chi connectivity index (χ1v) is 16.4. The Balaban J connectivity index is 1.76. The molecule has 224 valence electrons. The Morgan fingerprint density at radius 1 is 0.929 bits per heavy atom. The van der Waals surface area contributed by atoms with Crippen molar-refractivity contribution in [2.45, 2.75) is 76.4 Å². The molecule has 1 fully saturated rings. The van der Waals surface area contributed by atoms with Crippen LogP contribution >= 0.6 is 23.2 Å². The van der Waals surface area contributed by atoms with Gasteiger partial charge in [0, 0.05) is 28.2 Å². The largest absolute Gasteiger partial charge is 0.352 e. The Bertz CT molecular complexity index is 1490.